The van der Waals surface area contributed by atoms with Crippen LogP contribution >= 0.6 is 0 Å². The molecular weight excluding hydrogens is 299 g/mol. The van der Waals surface area contributed by atoms with Gasteiger partial charge in [0.15, 0.2) is 0 Å². The van der Waals surface area contributed by atoms with Gasteiger partial charge in [0, 0.05) is 12.1 Å². The number of furan rings is 1. The maximum absolute atomic E-state index is 13.9. The van der Waals surface area contributed by atoms with E-state index in [4.69, 9.17) is 4.42 Å². The first-order chi connectivity index (χ1) is 11.1. The van der Waals surface area contributed by atoms with Crippen LogP contribution in [0.25, 0.3) is 11.3 Å². The number of hydrogen-bond acceptors (Lipinski definition) is 3. The van der Waals surface area contributed by atoms with E-state index in [-0.39, 0.29) is 17.7 Å². The van der Waals surface area contributed by atoms with E-state index in [1.165, 1.54) is 18.4 Å². The summed E-state index contributed by atoms with van der Waals surface area (Å²) in [7, 11) is 0. The fourth-order valence-electron chi connectivity index (χ4n) is 2.85. The first-order valence-corrected chi connectivity index (χ1v) is 7.68. The number of carbonyl (C=O) groups excluding carboxylic acids is 1. The van der Waals surface area contributed by atoms with E-state index in [9.17, 15) is 14.3 Å². The molecule has 6 heteroatoms. The average molecular weight is 318 g/mol. The predicted octanol–water partition coefficient (Wildman–Crippen LogP) is 3.37. The van der Waals surface area contributed by atoms with Gasteiger partial charge >= 0.3 is 6.03 Å². The lowest BCUT2D eigenvalue weighted by molar-refractivity contribution is 0.177. The second-order valence-electron chi connectivity index (χ2n) is 5.84. The van der Waals surface area contributed by atoms with Gasteiger partial charge in [0.1, 0.15) is 11.6 Å². The van der Waals surface area contributed by atoms with Gasteiger partial charge in [0.2, 0.25) is 0 Å². The molecule has 1 aromatic carbocycles. The summed E-state index contributed by atoms with van der Waals surface area (Å²) in [6.45, 7) is 0.475. The van der Waals surface area contributed by atoms with Crippen LogP contribution in [0.5, 0.6) is 0 Å². The van der Waals surface area contributed by atoms with Gasteiger partial charge in [-0.05, 0) is 55.5 Å². The van der Waals surface area contributed by atoms with Crippen molar-refractivity contribution in [2.45, 2.75) is 25.4 Å². The molecular formula is C17H19FN2O3. The number of urea groups is 1. The van der Waals surface area contributed by atoms with Gasteiger partial charge in [-0.1, -0.05) is 0 Å². The van der Waals surface area contributed by atoms with Crippen molar-refractivity contribution < 1.29 is 18.7 Å². The number of nitrogens with one attached hydrogen (secondary N) is 2. The third kappa shape index (κ3) is 3.90. The van der Waals surface area contributed by atoms with E-state index in [0.717, 1.165) is 12.8 Å². The first-order valence-electron chi connectivity index (χ1n) is 7.68. The quantitative estimate of drug-likeness (QED) is 0.809. The Morgan fingerprint density at radius 1 is 1.35 bits per heavy atom. The van der Waals surface area contributed by atoms with E-state index in [1.807, 2.05) is 0 Å². The number of halogens is 1. The molecule has 1 aliphatic carbocycles. The van der Waals surface area contributed by atoms with Crippen LogP contribution in [0, 0.1) is 11.7 Å². The molecule has 3 rings (SSSR count). The standard InChI is InChI=1S/C17H19FN2O3/c18-14-6-4-12(16-2-1-7-23-16)9-15(14)20-17(22)19-10-11-3-5-13(21)8-11/h1-2,4,6-7,9,11,13,21H,3,5,8,10H2,(H2,19,20,22)/t11-,13-/m1/s1. The molecule has 0 saturated heterocycles. The highest BCUT2D eigenvalue weighted by atomic mass is 19.1. The van der Waals surface area contributed by atoms with Crippen LogP contribution < -0.4 is 10.6 Å². The molecule has 0 radical (unpaired) electrons. The minimum Gasteiger partial charge on any atom is -0.464 e. The summed E-state index contributed by atoms with van der Waals surface area (Å²) >= 11 is 0. The summed E-state index contributed by atoms with van der Waals surface area (Å²) in [6, 6.07) is 7.48. The third-order valence-electron chi connectivity index (χ3n) is 4.09. The highest BCUT2D eigenvalue weighted by Gasteiger charge is 2.23. The van der Waals surface area contributed by atoms with Crippen molar-refractivity contribution in [1.82, 2.24) is 5.32 Å². The predicted molar refractivity (Wildman–Crippen MR) is 84.5 cm³/mol. The normalized spacial score (nSPS) is 20.4. The summed E-state index contributed by atoms with van der Waals surface area (Å²) in [5.41, 5.74) is 0.786. The third-order valence-corrected chi connectivity index (χ3v) is 4.09. The number of benzene rings is 1. The molecule has 122 valence electrons. The summed E-state index contributed by atoms with van der Waals surface area (Å²) in [4.78, 5) is 11.9. The Morgan fingerprint density at radius 2 is 2.22 bits per heavy atom. The number of rotatable bonds is 4. The molecule has 1 heterocycles. The van der Waals surface area contributed by atoms with Crippen LogP contribution in [0.4, 0.5) is 14.9 Å². The van der Waals surface area contributed by atoms with Crippen molar-refractivity contribution in [1.29, 1.82) is 0 Å². The molecule has 1 fully saturated rings. The Balaban J connectivity index is 1.60. The van der Waals surface area contributed by atoms with Gasteiger partial charge in [-0.2, -0.15) is 0 Å². The molecule has 0 unspecified atom stereocenters. The van der Waals surface area contributed by atoms with Crippen LogP contribution in [0.1, 0.15) is 19.3 Å². The molecule has 0 bridgehead atoms. The zero-order chi connectivity index (χ0) is 16.2. The second-order valence-corrected chi connectivity index (χ2v) is 5.84. The van der Waals surface area contributed by atoms with E-state index >= 15 is 0 Å². The van der Waals surface area contributed by atoms with Gasteiger partial charge in [-0.3, -0.25) is 0 Å². The number of anilines is 1. The molecule has 1 aliphatic rings. The largest absolute Gasteiger partial charge is 0.464 e. The van der Waals surface area contributed by atoms with E-state index < -0.39 is 11.8 Å². The van der Waals surface area contributed by atoms with Crippen LogP contribution in [0.3, 0.4) is 0 Å². The Morgan fingerprint density at radius 3 is 2.91 bits per heavy atom. The van der Waals surface area contributed by atoms with Crippen LogP contribution in [-0.4, -0.2) is 23.8 Å². The van der Waals surface area contributed by atoms with Crippen molar-refractivity contribution in [3.63, 3.8) is 0 Å². The lowest BCUT2D eigenvalue weighted by Gasteiger charge is -2.12. The van der Waals surface area contributed by atoms with Crippen LogP contribution in [0.2, 0.25) is 0 Å². The summed E-state index contributed by atoms with van der Waals surface area (Å²) in [6.07, 6.45) is 3.63. The van der Waals surface area contributed by atoms with Crippen molar-refractivity contribution in [3.8, 4) is 11.3 Å². The van der Waals surface area contributed by atoms with Crippen molar-refractivity contribution in [2.24, 2.45) is 5.92 Å². The minimum atomic E-state index is -0.508. The molecule has 2 amide bonds. The lowest BCUT2D eigenvalue weighted by Crippen LogP contribution is -2.32. The van der Waals surface area contributed by atoms with Gasteiger partial charge in [0.25, 0.3) is 0 Å². The fourth-order valence-corrected chi connectivity index (χ4v) is 2.85. The summed E-state index contributed by atoms with van der Waals surface area (Å²) in [5, 5.41) is 14.7. The number of aliphatic hydroxyl groups is 1. The Labute approximate surface area is 133 Å². The summed E-state index contributed by atoms with van der Waals surface area (Å²) < 4.78 is 19.1. The van der Waals surface area contributed by atoms with Crippen molar-refractivity contribution >= 4 is 11.7 Å². The molecule has 2 atom stereocenters. The fraction of sp³-hybridized carbons (Fsp3) is 0.353. The SMILES string of the molecule is O=C(NC[C@@H]1CC[C@@H](O)C1)Nc1cc(-c2ccco2)ccc1F. The highest BCUT2D eigenvalue weighted by molar-refractivity contribution is 5.90. The molecule has 0 spiro atoms. The Hall–Kier alpha value is -2.34. The molecule has 1 saturated carbocycles. The Bertz CT molecular complexity index is 672. The maximum Gasteiger partial charge on any atom is 0.319 e. The topological polar surface area (TPSA) is 74.5 Å². The zero-order valence-electron chi connectivity index (χ0n) is 12.6. The molecule has 3 N–H and O–H groups in total. The molecule has 0 aliphatic heterocycles. The maximum atomic E-state index is 13.9. The lowest BCUT2D eigenvalue weighted by atomic mass is 10.1. The smallest absolute Gasteiger partial charge is 0.319 e. The first kappa shape index (κ1) is 15.6. The van der Waals surface area contributed by atoms with Gasteiger partial charge in [0.05, 0.1) is 18.1 Å². The van der Waals surface area contributed by atoms with Gasteiger partial charge < -0.3 is 20.2 Å². The number of carbonyl (C=O) groups is 1. The minimum absolute atomic E-state index is 0.0999. The second kappa shape index (κ2) is 6.83. The molecule has 2 aromatic rings. The monoisotopic (exact) mass is 318 g/mol. The molecule has 23 heavy (non-hydrogen) atoms. The average Bonchev–Trinajstić information content (AvgIpc) is 3.19. The number of aliphatic hydroxyl groups excluding tert-OH is 1. The van der Waals surface area contributed by atoms with Gasteiger partial charge in [-0.15, -0.1) is 0 Å². The van der Waals surface area contributed by atoms with Gasteiger partial charge in [-0.25, -0.2) is 9.18 Å². The van der Waals surface area contributed by atoms with E-state index in [0.29, 0.717) is 24.3 Å². The van der Waals surface area contributed by atoms with Crippen molar-refractivity contribution in [3.05, 3.63) is 42.4 Å². The molecule has 1 aromatic heterocycles. The zero-order valence-corrected chi connectivity index (χ0v) is 12.6. The van der Waals surface area contributed by atoms with E-state index in [1.54, 1.807) is 18.2 Å². The number of hydrogen-bond donors (Lipinski definition) is 3. The van der Waals surface area contributed by atoms with Crippen LogP contribution in [-0.2, 0) is 0 Å². The Kier molecular flexibility index (Phi) is 4.62. The highest BCUT2D eigenvalue weighted by Crippen LogP contribution is 2.26. The van der Waals surface area contributed by atoms with Crippen molar-refractivity contribution in [2.75, 3.05) is 11.9 Å². The number of amides is 2. The van der Waals surface area contributed by atoms with Crippen LogP contribution in [0.15, 0.2) is 41.0 Å². The molecule has 5 nitrogen and oxygen atoms in total. The summed E-state index contributed by atoms with van der Waals surface area (Å²) in [5.74, 6) is 0.371. The van der Waals surface area contributed by atoms with E-state index in [2.05, 4.69) is 10.6 Å².